The van der Waals surface area contributed by atoms with Gasteiger partial charge in [-0.05, 0) is 17.7 Å². The molecular weight excluding hydrogens is 304 g/mol. The summed E-state index contributed by atoms with van der Waals surface area (Å²) in [7, 11) is 0. The molecule has 0 unspecified atom stereocenters. The molecule has 0 atom stereocenters. The molecule has 2 heterocycles. The minimum absolute atomic E-state index is 0.167. The third-order valence-corrected chi connectivity index (χ3v) is 3.92. The molecule has 24 heavy (non-hydrogen) atoms. The predicted molar refractivity (Wildman–Crippen MR) is 91.7 cm³/mol. The normalized spacial score (nSPS) is 12.3. The van der Waals surface area contributed by atoms with Gasteiger partial charge in [-0.3, -0.25) is 0 Å². The van der Waals surface area contributed by atoms with Crippen molar-refractivity contribution >= 4 is 11.8 Å². The lowest BCUT2D eigenvalue weighted by Gasteiger charge is -2.12. The van der Waals surface area contributed by atoms with E-state index in [1.807, 2.05) is 48.5 Å². The third-order valence-electron chi connectivity index (χ3n) is 3.92. The van der Waals surface area contributed by atoms with Crippen LogP contribution in [0, 0.1) is 0 Å². The molecule has 0 radical (unpaired) electrons. The van der Waals surface area contributed by atoms with E-state index in [4.69, 9.17) is 20.9 Å². The van der Waals surface area contributed by atoms with Crippen molar-refractivity contribution in [2.45, 2.75) is 6.42 Å². The van der Waals surface area contributed by atoms with Gasteiger partial charge >= 0.3 is 0 Å². The van der Waals surface area contributed by atoms with E-state index in [0.29, 0.717) is 12.2 Å². The second kappa shape index (κ2) is 5.73. The lowest BCUT2D eigenvalue weighted by atomic mass is 9.99. The van der Waals surface area contributed by atoms with E-state index in [9.17, 15) is 0 Å². The van der Waals surface area contributed by atoms with Crippen molar-refractivity contribution in [2.24, 2.45) is 0 Å². The highest BCUT2D eigenvalue weighted by molar-refractivity contribution is 5.70. The van der Waals surface area contributed by atoms with Crippen molar-refractivity contribution in [3.63, 3.8) is 0 Å². The van der Waals surface area contributed by atoms with Gasteiger partial charge in [-0.2, -0.15) is 4.98 Å². The number of ether oxygens (including phenoxy) is 2. The van der Waals surface area contributed by atoms with Crippen LogP contribution in [-0.2, 0) is 6.42 Å². The second-order valence-corrected chi connectivity index (χ2v) is 5.52. The highest BCUT2D eigenvalue weighted by atomic mass is 16.7. The number of nitrogens with zero attached hydrogens (tertiary/aromatic N) is 2. The minimum atomic E-state index is 0.167. The maximum absolute atomic E-state index is 6.13. The van der Waals surface area contributed by atoms with Crippen molar-refractivity contribution in [1.29, 1.82) is 0 Å². The van der Waals surface area contributed by atoms with Crippen LogP contribution in [0.3, 0.4) is 0 Å². The molecule has 0 fully saturated rings. The largest absolute Gasteiger partial charge is 0.454 e. The number of aromatic nitrogens is 2. The molecule has 0 aliphatic carbocycles. The van der Waals surface area contributed by atoms with Crippen LogP contribution in [0.5, 0.6) is 11.5 Å². The Hall–Kier alpha value is -3.28. The Morgan fingerprint density at radius 1 is 0.917 bits per heavy atom. The van der Waals surface area contributed by atoms with E-state index in [0.717, 1.165) is 33.9 Å². The van der Waals surface area contributed by atoms with Gasteiger partial charge in [0.15, 0.2) is 11.5 Å². The van der Waals surface area contributed by atoms with Gasteiger partial charge in [0, 0.05) is 17.5 Å². The van der Waals surface area contributed by atoms with Crippen molar-refractivity contribution in [3.05, 3.63) is 59.7 Å². The van der Waals surface area contributed by atoms with Gasteiger partial charge in [-0.25, -0.2) is 4.98 Å². The summed E-state index contributed by atoms with van der Waals surface area (Å²) in [5.74, 6) is 2.05. The molecule has 3 aromatic rings. The number of benzene rings is 2. The highest BCUT2D eigenvalue weighted by Gasteiger charge is 2.17. The number of nitrogens with two attached hydrogens (primary N) is 2. The zero-order chi connectivity index (χ0) is 16.5. The molecule has 0 amide bonds. The molecule has 1 aliphatic rings. The van der Waals surface area contributed by atoms with Gasteiger partial charge < -0.3 is 20.9 Å². The molecule has 4 rings (SSSR count). The van der Waals surface area contributed by atoms with E-state index < -0.39 is 0 Å². The van der Waals surface area contributed by atoms with Crippen LogP contribution in [-0.4, -0.2) is 16.8 Å². The lowest BCUT2D eigenvalue weighted by Crippen LogP contribution is -2.07. The van der Waals surface area contributed by atoms with Gasteiger partial charge in [-0.1, -0.05) is 36.4 Å². The number of hydrogen-bond acceptors (Lipinski definition) is 6. The molecule has 0 spiro atoms. The number of nitrogen functional groups attached to an aromatic ring is 2. The summed E-state index contributed by atoms with van der Waals surface area (Å²) in [6, 6.07) is 15.6. The Bertz CT molecular complexity index is 897. The fourth-order valence-corrected chi connectivity index (χ4v) is 2.78. The van der Waals surface area contributed by atoms with Crippen LogP contribution >= 0.6 is 0 Å². The first-order chi connectivity index (χ1) is 11.7. The zero-order valence-electron chi connectivity index (χ0n) is 12.9. The number of hydrogen-bond donors (Lipinski definition) is 2. The van der Waals surface area contributed by atoms with Crippen LogP contribution in [0.4, 0.5) is 11.8 Å². The van der Waals surface area contributed by atoms with Crippen molar-refractivity contribution in [1.82, 2.24) is 9.97 Å². The van der Waals surface area contributed by atoms with Gasteiger partial charge in [0.25, 0.3) is 0 Å². The summed E-state index contributed by atoms with van der Waals surface area (Å²) in [5, 5.41) is 0. The number of rotatable bonds is 3. The van der Waals surface area contributed by atoms with Crippen molar-refractivity contribution in [3.8, 4) is 22.8 Å². The Labute approximate surface area is 139 Å². The van der Waals surface area contributed by atoms with E-state index in [1.54, 1.807) is 0 Å². The summed E-state index contributed by atoms with van der Waals surface area (Å²) < 4.78 is 10.8. The van der Waals surface area contributed by atoms with Crippen LogP contribution < -0.4 is 20.9 Å². The smallest absolute Gasteiger partial charge is 0.231 e. The fourth-order valence-electron chi connectivity index (χ4n) is 2.78. The average Bonchev–Trinajstić information content (AvgIpc) is 3.05. The minimum Gasteiger partial charge on any atom is -0.454 e. The SMILES string of the molecule is Nc1nc(N)c(Cc2ccc3c(c2)OCO3)c(-c2ccccc2)n1. The summed E-state index contributed by atoms with van der Waals surface area (Å²) in [4.78, 5) is 8.52. The summed E-state index contributed by atoms with van der Waals surface area (Å²) in [5.41, 5.74) is 15.5. The first-order valence-corrected chi connectivity index (χ1v) is 7.56. The molecule has 6 nitrogen and oxygen atoms in total. The van der Waals surface area contributed by atoms with E-state index in [2.05, 4.69) is 9.97 Å². The van der Waals surface area contributed by atoms with Crippen molar-refractivity contribution < 1.29 is 9.47 Å². The Kier molecular flexibility index (Phi) is 3.42. The molecule has 1 aromatic heterocycles. The van der Waals surface area contributed by atoms with E-state index in [1.165, 1.54) is 0 Å². The van der Waals surface area contributed by atoms with Gasteiger partial charge in [0.05, 0.1) is 5.69 Å². The molecule has 0 saturated heterocycles. The van der Waals surface area contributed by atoms with Crippen LogP contribution in [0.1, 0.15) is 11.1 Å². The maximum atomic E-state index is 6.13. The first kappa shape index (κ1) is 14.3. The monoisotopic (exact) mass is 320 g/mol. The van der Waals surface area contributed by atoms with E-state index >= 15 is 0 Å². The maximum Gasteiger partial charge on any atom is 0.231 e. The van der Waals surface area contributed by atoms with Crippen LogP contribution in [0.25, 0.3) is 11.3 Å². The summed E-state index contributed by atoms with van der Waals surface area (Å²) >= 11 is 0. The van der Waals surface area contributed by atoms with Gasteiger partial charge in [0.1, 0.15) is 5.82 Å². The molecular formula is C18H16N4O2. The predicted octanol–water partition coefficient (Wildman–Crippen LogP) is 2.63. The molecule has 120 valence electrons. The molecule has 0 bridgehead atoms. The average molecular weight is 320 g/mol. The second-order valence-electron chi connectivity index (χ2n) is 5.52. The molecule has 6 heteroatoms. The van der Waals surface area contributed by atoms with Crippen molar-refractivity contribution in [2.75, 3.05) is 18.3 Å². The number of anilines is 2. The lowest BCUT2D eigenvalue weighted by molar-refractivity contribution is 0.174. The molecule has 4 N–H and O–H groups in total. The molecule has 2 aromatic carbocycles. The van der Waals surface area contributed by atoms with Gasteiger partial charge in [0.2, 0.25) is 12.7 Å². The Morgan fingerprint density at radius 3 is 2.54 bits per heavy atom. The fraction of sp³-hybridized carbons (Fsp3) is 0.111. The number of fused-ring (bicyclic) bond motifs is 1. The zero-order valence-corrected chi connectivity index (χ0v) is 12.9. The molecule has 0 saturated carbocycles. The third kappa shape index (κ3) is 2.58. The van der Waals surface area contributed by atoms with Crippen LogP contribution in [0.2, 0.25) is 0 Å². The van der Waals surface area contributed by atoms with Crippen LogP contribution in [0.15, 0.2) is 48.5 Å². The van der Waals surface area contributed by atoms with E-state index in [-0.39, 0.29) is 12.7 Å². The topological polar surface area (TPSA) is 96.3 Å². The van der Waals surface area contributed by atoms with Gasteiger partial charge in [-0.15, -0.1) is 0 Å². The standard InChI is InChI=1S/C18H16N4O2/c19-17-13(8-11-6-7-14-15(9-11)24-10-23-14)16(21-18(20)22-17)12-4-2-1-3-5-12/h1-7,9H,8,10H2,(H4,19,20,21,22). The Balaban J connectivity index is 1.77. The molecule has 1 aliphatic heterocycles. The Morgan fingerprint density at radius 2 is 1.71 bits per heavy atom. The highest BCUT2D eigenvalue weighted by Crippen LogP contribution is 2.34. The summed E-state index contributed by atoms with van der Waals surface area (Å²) in [6.45, 7) is 0.251. The quantitative estimate of drug-likeness (QED) is 0.770. The summed E-state index contributed by atoms with van der Waals surface area (Å²) in [6.07, 6.45) is 0.576. The first-order valence-electron chi connectivity index (χ1n) is 7.56.